The Hall–Kier alpha value is -1.91. The number of nitrogens with zero attached hydrogens (tertiary/aromatic N) is 1. The highest BCUT2D eigenvalue weighted by Crippen LogP contribution is 2.13. The Morgan fingerprint density at radius 3 is 1.17 bits per heavy atom. The van der Waals surface area contributed by atoms with Crippen LogP contribution in [0.3, 0.4) is 0 Å². The lowest BCUT2D eigenvalue weighted by Crippen LogP contribution is -2.13. The number of ether oxygens (including phenoxy) is 2. The maximum atomic E-state index is 12.3. The van der Waals surface area contributed by atoms with Crippen LogP contribution in [-0.4, -0.2) is 30.1 Å². The molecule has 0 aliphatic heterocycles. The Bertz CT molecular complexity index is 676. The SMILES string of the molecule is CCCCCCCCCCCCCCOC(=O)c1cccc(C(=O)OCCCCCCCCCC)n1. The van der Waals surface area contributed by atoms with Gasteiger partial charge in [-0.1, -0.05) is 135 Å². The first-order valence-electron chi connectivity index (χ1n) is 15.0. The van der Waals surface area contributed by atoms with E-state index in [4.69, 9.17) is 9.47 Å². The van der Waals surface area contributed by atoms with Gasteiger partial charge in [-0.25, -0.2) is 14.6 Å². The molecule has 1 rings (SSSR count). The summed E-state index contributed by atoms with van der Waals surface area (Å²) in [5, 5.41) is 0. The highest BCUT2D eigenvalue weighted by atomic mass is 16.5. The van der Waals surface area contributed by atoms with E-state index in [1.807, 2.05) is 0 Å². The fraction of sp³-hybridized carbons (Fsp3) is 0.774. The van der Waals surface area contributed by atoms with Gasteiger partial charge in [-0.05, 0) is 25.0 Å². The van der Waals surface area contributed by atoms with Crippen molar-refractivity contribution in [3.05, 3.63) is 29.6 Å². The zero-order chi connectivity index (χ0) is 26.1. The van der Waals surface area contributed by atoms with Gasteiger partial charge in [0.15, 0.2) is 0 Å². The summed E-state index contributed by atoms with van der Waals surface area (Å²) in [4.78, 5) is 28.7. The monoisotopic (exact) mass is 503 g/mol. The second-order valence-electron chi connectivity index (χ2n) is 10.0. The molecular weight excluding hydrogens is 450 g/mol. The second kappa shape index (κ2) is 23.5. The van der Waals surface area contributed by atoms with Gasteiger partial charge in [-0.3, -0.25) is 0 Å². The van der Waals surface area contributed by atoms with Crippen LogP contribution in [-0.2, 0) is 9.47 Å². The van der Waals surface area contributed by atoms with Crippen LogP contribution in [0, 0.1) is 0 Å². The predicted octanol–water partition coefficient (Wildman–Crippen LogP) is 9.24. The third-order valence-corrected chi connectivity index (χ3v) is 6.63. The lowest BCUT2D eigenvalue weighted by atomic mass is 10.1. The molecule has 36 heavy (non-hydrogen) atoms. The van der Waals surface area contributed by atoms with Gasteiger partial charge in [0.1, 0.15) is 11.4 Å². The number of unbranched alkanes of at least 4 members (excludes halogenated alkanes) is 18. The van der Waals surface area contributed by atoms with Crippen LogP contribution in [0.2, 0.25) is 0 Å². The van der Waals surface area contributed by atoms with Crippen molar-refractivity contribution in [2.75, 3.05) is 13.2 Å². The molecule has 206 valence electrons. The normalized spacial score (nSPS) is 10.9. The van der Waals surface area contributed by atoms with Crippen LogP contribution in [0.4, 0.5) is 0 Å². The molecule has 0 spiro atoms. The number of hydrogen-bond acceptors (Lipinski definition) is 5. The largest absolute Gasteiger partial charge is 0.461 e. The number of carbonyl (C=O) groups is 2. The molecule has 0 aliphatic carbocycles. The van der Waals surface area contributed by atoms with Gasteiger partial charge < -0.3 is 9.47 Å². The molecule has 0 fully saturated rings. The van der Waals surface area contributed by atoms with E-state index in [0.717, 1.165) is 25.7 Å². The van der Waals surface area contributed by atoms with Gasteiger partial charge in [-0.2, -0.15) is 0 Å². The highest BCUT2D eigenvalue weighted by Gasteiger charge is 2.14. The molecule has 0 bridgehead atoms. The Morgan fingerprint density at radius 1 is 0.528 bits per heavy atom. The third-order valence-electron chi connectivity index (χ3n) is 6.63. The topological polar surface area (TPSA) is 65.5 Å². The minimum Gasteiger partial charge on any atom is -0.461 e. The molecule has 0 aromatic carbocycles. The first-order chi connectivity index (χ1) is 17.7. The fourth-order valence-corrected chi connectivity index (χ4v) is 4.32. The van der Waals surface area contributed by atoms with E-state index in [1.165, 1.54) is 103 Å². The van der Waals surface area contributed by atoms with Crippen molar-refractivity contribution in [1.29, 1.82) is 0 Å². The molecule has 1 heterocycles. The molecule has 0 unspecified atom stereocenters. The van der Waals surface area contributed by atoms with Gasteiger partial charge in [0, 0.05) is 0 Å². The van der Waals surface area contributed by atoms with Crippen molar-refractivity contribution in [1.82, 2.24) is 4.98 Å². The fourth-order valence-electron chi connectivity index (χ4n) is 4.32. The zero-order valence-corrected chi connectivity index (χ0v) is 23.4. The van der Waals surface area contributed by atoms with E-state index in [-0.39, 0.29) is 11.4 Å². The number of aromatic nitrogens is 1. The molecule has 0 aliphatic rings. The predicted molar refractivity (Wildman–Crippen MR) is 148 cm³/mol. The molecule has 1 aromatic rings. The highest BCUT2D eigenvalue weighted by molar-refractivity contribution is 5.91. The van der Waals surface area contributed by atoms with E-state index in [2.05, 4.69) is 18.8 Å². The van der Waals surface area contributed by atoms with E-state index < -0.39 is 11.9 Å². The summed E-state index contributed by atoms with van der Waals surface area (Å²) in [5.74, 6) is -0.954. The summed E-state index contributed by atoms with van der Waals surface area (Å²) in [6, 6.07) is 4.82. The first-order valence-corrected chi connectivity index (χ1v) is 15.0. The summed E-state index contributed by atoms with van der Waals surface area (Å²) in [5.41, 5.74) is 0.324. The van der Waals surface area contributed by atoms with E-state index in [9.17, 15) is 9.59 Å². The minimum atomic E-state index is -0.478. The number of hydrogen-bond donors (Lipinski definition) is 0. The molecule has 0 radical (unpaired) electrons. The van der Waals surface area contributed by atoms with Crippen LogP contribution >= 0.6 is 0 Å². The number of carbonyl (C=O) groups excluding carboxylic acids is 2. The van der Waals surface area contributed by atoms with Gasteiger partial charge in [0.05, 0.1) is 13.2 Å². The van der Waals surface area contributed by atoms with Crippen LogP contribution in [0.15, 0.2) is 18.2 Å². The lowest BCUT2D eigenvalue weighted by molar-refractivity contribution is 0.0482. The van der Waals surface area contributed by atoms with Crippen molar-refractivity contribution < 1.29 is 19.1 Å². The van der Waals surface area contributed by atoms with Gasteiger partial charge in [-0.15, -0.1) is 0 Å². The zero-order valence-electron chi connectivity index (χ0n) is 23.4. The van der Waals surface area contributed by atoms with Gasteiger partial charge >= 0.3 is 11.9 Å². The Morgan fingerprint density at radius 2 is 0.833 bits per heavy atom. The molecule has 0 N–H and O–H groups in total. The van der Waals surface area contributed by atoms with Gasteiger partial charge in [0.2, 0.25) is 0 Å². The Balaban J connectivity index is 2.08. The summed E-state index contributed by atoms with van der Waals surface area (Å²) >= 11 is 0. The van der Waals surface area contributed by atoms with Crippen molar-refractivity contribution in [2.45, 2.75) is 142 Å². The summed E-state index contributed by atoms with van der Waals surface area (Å²) in [7, 11) is 0. The number of rotatable bonds is 24. The number of pyridine rings is 1. The second-order valence-corrected chi connectivity index (χ2v) is 10.0. The average molecular weight is 504 g/mol. The van der Waals surface area contributed by atoms with Crippen molar-refractivity contribution >= 4 is 11.9 Å². The molecule has 1 aromatic heterocycles. The maximum absolute atomic E-state index is 12.3. The van der Waals surface area contributed by atoms with Crippen molar-refractivity contribution in [2.24, 2.45) is 0 Å². The summed E-state index contributed by atoms with van der Waals surface area (Å²) in [6.07, 6.45) is 24.8. The Labute approximate surface area is 221 Å². The molecule has 0 amide bonds. The molecule has 0 saturated carbocycles. The van der Waals surface area contributed by atoms with Crippen molar-refractivity contribution in [3.8, 4) is 0 Å². The van der Waals surface area contributed by atoms with Crippen LogP contribution < -0.4 is 0 Å². The quantitative estimate of drug-likeness (QED) is 0.104. The average Bonchev–Trinajstić information content (AvgIpc) is 2.90. The molecule has 5 nitrogen and oxygen atoms in total. The van der Waals surface area contributed by atoms with Crippen LogP contribution in [0.5, 0.6) is 0 Å². The van der Waals surface area contributed by atoms with E-state index >= 15 is 0 Å². The van der Waals surface area contributed by atoms with Crippen LogP contribution in [0.1, 0.15) is 163 Å². The Kier molecular flexibility index (Phi) is 21.0. The van der Waals surface area contributed by atoms with E-state index in [0.29, 0.717) is 13.2 Å². The van der Waals surface area contributed by atoms with Crippen LogP contribution in [0.25, 0.3) is 0 Å². The summed E-state index contributed by atoms with van der Waals surface area (Å²) < 4.78 is 10.7. The number of esters is 2. The van der Waals surface area contributed by atoms with Gasteiger partial charge in [0.25, 0.3) is 0 Å². The lowest BCUT2D eigenvalue weighted by Gasteiger charge is -2.07. The van der Waals surface area contributed by atoms with E-state index in [1.54, 1.807) is 18.2 Å². The molecule has 0 saturated heterocycles. The first kappa shape index (κ1) is 32.1. The third kappa shape index (κ3) is 17.5. The molecule has 0 atom stereocenters. The van der Waals surface area contributed by atoms with Crippen molar-refractivity contribution in [3.63, 3.8) is 0 Å². The minimum absolute atomic E-state index is 0.161. The smallest absolute Gasteiger partial charge is 0.356 e. The molecular formula is C31H53NO4. The maximum Gasteiger partial charge on any atom is 0.356 e. The summed E-state index contributed by atoms with van der Waals surface area (Å²) in [6.45, 7) is 5.27. The molecule has 5 heteroatoms. The standard InChI is InChI=1S/C31H53NO4/c1-3-5-7-9-11-13-14-15-16-18-20-22-27-36-31(34)29-25-23-24-28(32-29)30(33)35-26-21-19-17-12-10-8-6-4-2/h23-25H,3-22,26-27H2,1-2H3.